The number of nitro benzene ring substituents is 1. The van der Waals surface area contributed by atoms with Crippen LogP contribution in [0.15, 0.2) is 22.7 Å². The van der Waals surface area contributed by atoms with Crippen molar-refractivity contribution in [2.75, 3.05) is 39.3 Å². The fraction of sp³-hybridized carbons (Fsp3) is 0.533. The lowest BCUT2D eigenvalue weighted by molar-refractivity contribution is -0.385. The molecule has 132 valence electrons. The normalized spacial score (nSPS) is 21.4. The predicted molar refractivity (Wildman–Crippen MR) is 96.8 cm³/mol. The Labute approximate surface area is 155 Å². The minimum absolute atomic E-state index is 0. The van der Waals surface area contributed by atoms with E-state index in [1.807, 2.05) is 0 Å². The smallest absolute Gasteiger partial charge is 0.283 e. The average molecular weight is 420 g/mol. The molecular weight excluding hydrogens is 400 g/mol. The van der Waals surface area contributed by atoms with Crippen molar-refractivity contribution in [3.63, 3.8) is 0 Å². The molecule has 0 saturated carbocycles. The number of halogens is 2. The van der Waals surface area contributed by atoms with E-state index in [1.54, 1.807) is 11.0 Å². The summed E-state index contributed by atoms with van der Waals surface area (Å²) in [5.74, 6) is -0.248. The molecule has 0 spiro atoms. The van der Waals surface area contributed by atoms with Gasteiger partial charge in [-0.05, 0) is 18.6 Å². The topological polar surface area (TPSA) is 78.7 Å². The second-order valence-electron chi connectivity index (χ2n) is 5.90. The lowest BCUT2D eigenvalue weighted by atomic mass is 10.1. The Morgan fingerprint density at radius 1 is 1.29 bits per heavy atom. The zero-order valence-electron chi connectivity index (χ0n) is 13.1. The molecule has 24 heavy (non-hydrogen) atoms. The molecule has 0 bridgehead atoms. The minimum atomic E-state index is -0.498. The van der Waals surface area contributed by atoms with E-state index in [1.165, 1.54) is 12.1 Å². The van der Waals surface area contributed by atoms with Crippen LogP contribution < -0.4 is 5.32 Å². The second kappa shape index (κ2) is 8.24. The first-order chi connectivity index (χ1) is 11.1. The first-order valence-corrected chi connectivity index (χ1v) is 8.53. The molecule has 2 fully saturated rings. The highest BCUT2D eigenvalue weighted by Crippen LogP contribution is 2.26. The fourth-order valence-electron chi connectivity index (χ4n) is 3.28. The molecule has 0 aromatic heterocycles. The van der Waals surface area contributed by atoms with Crippen molar-refractivity contribution in [3.8, 4) is 0 Å². The van der Waals surface area contributed by atoms with Gasteiger partial charge in [0.15, 0.2) is 0 Å². The highest BCUT2D eigenvalue weighted by atomic mass is 79.9. The number of nitrogens with one attached hydrogen (secondary N) is 1. The number of nitro groups is 1. The van der Waals surface area contributed by atoms with Crippen molar-refractivity contribution < 1.29 is 9.72 Å². The van der Waals surface area contributed by atoms with E-state index >= 15 is 0 Å². The van der Waals surface area contributed by atoms with Crippen molar-refractivity contribution in [1.29, 1.82) is 0 Å². The highest BCUT2D eigenvalue weighted by Gasteiger charge is 2.33. The zero-order chi connectivity index (χ0) is 16.4. The summed E-state index contributed by atoms with van der Waals surface area (Å²) in [5.41, 5.74) is 0.0224. The van der Waals surface area contributed by atoms with E-state index in [-0.39, 0.29) is 29.6 Å². The summed E-state index contributed by atoms with van der Waals surface area (Å²) in [7, 11) is 0. The van der Waals surface area contributed by atoms with Crippen LogP contribution in [0.1, 0.15) is 16.8 Å². The van der Waals surface area contributed by atoms with Gasteiger partial charge >= 0.3 is 0 Å². The van der Waals surface area contributed by atoms with Crippen LogP contribution in [0.25, 0.3) is 0 Å². The number of carbonyl (C=O) groups is 1. The lowest BCUT2D eigenvalue weighted by Gasteiger charge is -2.32. The third-order valence-corrected chi connectivity index (χ3v) is 5.00. The van der Waals surface area contributed by atoms with Gasteiger partial charge in [-0.25, -0.2) is 0 Å². The summed E-state index contributed by atoms with van der Waals surface area (Å²) in [6.07, 6.45) is 0.927. The first kappa shape index (κ1) is 19.1. The van der Waals surface area contributed by atoms with Gasteiger partial charge in [0.2, 0.25) is 0 Å². The van der Waals surface area contributed by atoms with Crippen molar-refractivity contribution in [2.45, 2.75) is 12.5 Å². The largest absolute Gasteiger partial charge is 0.337 e. The number of carbonyl (C=O) groups excluding carboxylic acids is 1. The van der Waals surface area contributed by atoms with Gasteiger partial charge in [0.05, 0.1) is 4.92 Å². The number of likely N-dealkylation sites (tertiary alicyclic amines) is 1. The van der Waals surface area contributed by atoms with Gasteiger partial charge in [0.25, 0.3) is 11.6 Å². The van der Waals surface area contributed by atoms with Crippen molar-refractivity contribution >= 4 is 39.9 Å². The third kappa shape index (κ3) is 4.05. The van der Waals surface area contributed by atoms with Gasteiger partial charge in [-0.1, -0.05) is 15.9 Å². The Kier molecular flexibility index (Phi) is 6.56. The van der Waals surface area contributed by atoms with Gasteiger partial charge in [0.1, 0.15) is 5.56 Å². The zero-order valence-corrected chi connectivity index (χ0v) is 15.5. The van der Waals surface area contributed by atoms with Gasteiger partial charge in [-0.3, -0.25) is 19.8 Å². The van der Waals surface area contributed by atoms with Crippen LogP contribution in [0.4, 0.5) is 5.69 Å². The molecule has 3 rings (SSSR count). The maximum absolute atomic E-state index is 12.7. The maximum Gasteiger partial charge on any atom is 0.283 e. The number of piperazine rings is 1. The van der Waals surface area contributed by atoms with Crippen LogP contribution >= 0.6 is 28.3 Å². The van der Waals surface area contributed by atoms with E-state index in [0.717, 1.165) is 32.6 Å². The van der Waals surface area contributed by atoms with E-state index < -0.39 is 4.92 Å². The predicted octanol–water partition coefficient (Wildman–Crippen LogP) is 1.90. The van der Waals surface area contributed by atoms with Gasteiger partial charge in [0, 0.05) is 55.8 Å². The molecule has 1 aromatic rings. The average Bonchev–Trinajstić information content (AvgIpc) is 3.05. The highest BCUT2D eigenvalue weighted by molar-refractivity contribution is 9.10. The molecule has 2 aliphatic rings. The molecular formula is C15H20BrClN4O3. The van der Waals surface area contributed by atoms with Crippen LogP contribution in [0.2, 0.25) is 0 Å². The van der Waals surface area contributed by atoms with E-state index in [0.29, 0.717) is 23.6 Å². The summed E-state index contributed by atoms with van der Waals surface area (Å²) in [4.78, 5) is 27.5. The molecule has 1 N–H and O–H groups in total. The van der Waals surface area contributed by atoms with Crippen molar-refractivity contribution in [1.82, 2.24) is 15.1 Å². The molecule has 2 aliphatic heterocycles. The monoisotopic (exact) mass is 418 g/mol. The molecule has 2 saturated heterocycles. The molecule has 1 amide bonds. The van der Waals surface area contributed by atoms with Crippen LogP contribution in [0.3, 0.4) is 0 Å². The van der Waals surface area contributed by atoms with E-state index in [2.05, 4.69) is 26.1 Å². The summed E-state index contributed by atoms with van der Waals surface area (Å²) in [6, 6.07) is 4.94. The van der Waals surface area contributed by atoms with Crippen molar-refractivity contribution in [2.24, 2.45) is 0 Å². The Balaban J connectivity index is 0.00000208. The third-order valence-electron chi connectivity index (χ3n) is 4.51. The van der Waals surface area contributed by atoms with Crippen LogP contribution in [0, 0.1) is 10.1 Å². The maximum atomic E-state index is 12.7. The van der Waals surface area contributed by atoms with Gasteiger partial charge < -0.3 is 10.2 Å². The van der Waals surface area contributed by atoms with Crippen LogP contribution in [0.5, 0.6) is 0 Å². The number of hydrogen-bond donors (Lipinski definition) is 1. The Morgan fingerprint density at radius 2 is 2.00 bits per heavy atom. The molecule has 7 nitrogen and oxygen atoms in total. The number of benzene rings is 1. The summed E-state index contributed by atoms with van der Waals surface area (Å²) < 4.78 is 0.598. The van der Waals surface area contributed by atoms with Crippen LogP contribution in [-0.4, -0.2) is 65.9 Å². The summed E-state index contributed by atoms with van der Waals surface area (Å²) in [6.45, 7) is 5.23. The second-order valence-corrected chi connectivity index (χ2v) is 6.81. The SMILES string of the molecule is Cl.O=C(c1ccc(Br)cc1[N+](=O)[O-])N1CCC(N2CCNCC2)C1. The summed E-state index contributed by atoms with van der Waals surface area (Å²) >= 11 is 3.22. The standard InChI is InChI=1S/C15H19BrN4O3.ClH/c16-11-1-2-13(14(9-11)20(22)23)15(21)19-6-3-12(10-19)18-7-4-17-5-8-18;/h1-2,9,12,17H,3-8,10H2;1H. The fourth-order valence-corrected chi connectivity index (χ4v) is 3.63. The molecule has 9 heteroatoms. The molecule has 1 atom stereocenters. The summed E-state index contributed by atoms with van der Waals surface area (Å²) in [5, 5.41) is 14.5. The molecule has 1 unspecified atom stereocenters. The number of amides is 1. The number of rotatable bonds is 3. The molecule has 0 aliphatic carbocycles. The Bertz CT molecular complexity index is 625. The van der Waals surface area contributed by atoms with Crippen LogP contribution in [-0.2, 0) is 0 Å². The van der Waals surface area contributed by atoms with Crippen molar-refractivity contribution in [3.05, 3.63) is 38.3 Å². The van der Waals surface area contributed by atoms with Gasteiger partial charge in [-0.2, -0.15) is 0 Å². The minimum Gasteiger partial charge on any atom is -0.337 e. The first-order valence-electron chi connectivity index (χ1n) is 7.74. The molecule has 2 heterocycles. The van der Waals surface area contributed by atoms with E-state index in [4.69, 9.17) is 0 Å². The molecule has 1 aromatic carbocycles. The quantitative estimate of drug-likeness (QED) is 0.598. The number of hydrogen-bond acceptors (Lipinski definition) is 5. The number of nitrogens with zero attached hydrogens (tertiary/aromatic N) is 3. The van der Waals surface area contributed by atoms with Gasteiger partial charge in [-0.15, -0.1) is 12.4 Å². The van der Waals surface area contributed by atoms with E-state index in [9.17, 15) is 14.9 Å². The molecule has 0 radical (unpaired) electrons. The Morgan fingerprint density at radius 3 is 2.67 bits per heavy atom. The lowest BCUT2D eigenvalue weighted by Crippen LogP contribution is -2.49. The Hall–Kier alpha value is -1.22.